The van der Waals surface area contributed by atoms with Crippen molar-refractivity contribution in [3.8, 4) is 0 Å². The molecule has 26 heavy (non-hydrogen) atoms. The number of aliphatic hydroxyl groups is 1. The van der Waals surface area contributed by atoms with Crippen molar-refractivity contribution in [1.82, 2.24) is 9.80 Å². The molecule has 2 fully saturated rings. The van der Waals surface area contributed by atoms with E-state index in [1.54, 1.807) is 4.90 Å². The van der Waals surface area contributed by atoms with Crippen LogP contribution in [-0.2, 0) is 10.2 Å². The number of likely N-dealkylation sites (tertiary alicyclic amines) is 1. The van der Waals surface area contributed by atoms with Gasteiger partial charge >= 0.3 is 0 Å². The van der Waals surface area contributed by atoms with E-state index in [4.69, 9.17) is 4.74 Å². The van der Waals surface area contributed by atoms with E-state index < -0.39 is 5.60 Å². The van der Waals surface area contributed by atoms with Crippen LogP contribution in [0.1, 0.15) is 49.5 Å². The summed E-state index contributed by atoms with van der Waals surface area (Å²) in [7, 11) is 0. The molecule has 0 unspecified atom stereocenters. The molecular weight excluding hydrogens is 328 g/mol. The Morgan fingerprint density at radius 3 is 2.42 bits per heavy atom. The molecule has 1 aromatic carbocycles. The third kappa shape index (κ3) is 4.64. The Labute approximate surface area is 156 Å². The highest BCUT2D eigenvalue weighted by Gasteiger charge is 2.36. The van der Waals surface area contributed by atoms with Crippen LogP contribution in [-0.4, -0.2) is 72.4 Å². The Hall–Kier alpha value is -1.43. The summed E-state index contributed by atoms with van der Waals surface area (Å²) >= 11 is 0. The summed E-state index contributed by atoms with van der Waals surface area (Å²) in [5.41, 5.74) is 0.942. The number of hydrogen-bond acceptors (Lipinski definition) is 4. The Bertz CT molecular complexity index is 617. The molecule has 5 nitrogen and oxygen atoms in total. The van der Waals surface area contributed by atoms with E-state index >= 15 is 0 Å². The SMILES string of the molecule is CC(C)(C)c1ccc(C(=O)N2CCOC[C@](O)(CN3CCCC3)C2)cc1. The van der Waals surface area contributed by atoms with Crippen molar-refractivity contribution in [3.63, 3.8) is 0 Å². The Kier molecular flexibility index (Phi) is 5.70. The minimum absolute atomic E-state index is 0.0317. The van der Waals surface area contributed by atoms with Gasteiger partial charge in [0.1, 0.15) is 5.60 Å². The zero-order chi connectivity index (χ0) is 18.8. The summed E-state index contributed by atoms with van der Waals surface area (Å²) in [6.45, 7) is 10.7. The van der Waals surface area contributed by atoms with Crippen LogP contribution in [0.3, 0.4) is 0 Å². The summed E-state index contributed by atoms with van der Waals surface area (Å²) < 4.78 is 5.63. The van der Waals surface area contributed by atoms with Crippen LogP contribution in [0.4, 0.5) is 0 Å². The lowest BCUT2D eigenvalue weighted by molar-refractivity contribution is -0.0524. The number of benzene rings is 1. The molecule has 0 bridgehead atoms. The lowest BCUT2D eigenvalue weighted by Crippen LogP contribution is -2.53. The van der Waals surface area contributed by atoms with Crippen molar-refractivity contribution in [1.29, 1.82) is 0 Å². The molecule has 1 N–H and O–H groups in total. The molecule has 0 aliphatic carbocycles. The second-order valence-corrected chi connectivity index (χ2v) is 8.81. The molecule has 2 heterocycles. The first-order valence-electron chi connectivity index (χ1n) is 9.69. The van der Waals surface area contributed by atoms with E-state index in [-0.39, 0.29) is 17.9 Å². The van der Waals surface area contributed by atoms with Crippen LogP contribution in [0.5, 0.6) is 0 Å². The second kappa shape index (κ2) is 7.67. The second-order valence-electron chi connectivity index (χ2n) is 8.81. The summed E-state index contributed by atoms with van der Waals surface area (Å²) in [5, 5.41) is 11.1. The fourth-order valence-electron chi connectivity index (χ4n) is 3.84. The molecule has 0 saturated carbocycles. The molecule has 0 aromatic heterocycles. The van der Waals surface area contributed by atoms with Crippen LogP contribution >= 0.6 is 0 Å². The van der Waals surface area contributed by atoms with Gasteiger partial charge in [-0.15, -0.1) is 0 Å². The average molecular weight is 360 g/mol. The van der Waals surface area contributed by atoms with Gasteiger partial charge in [-0.2, -0.15) is 0 Å². The van der Waals surface area contributed by atoms with Crippen LogP contribution in [0.25, 0.3) is 0 Å². The quantitative estimate of drug-likeness (QED) is 0.899. The number of ether oxygens (including phenoxy) is 1. The van der Waals surface area contributed by atoms with Crippen molar-refractivity contribution in [3.05, 3.63) is 35.4 Å². The maximum absolute atomic E-state index is 13.0. The van der Waals surface area contributed by atoms with Crippen molar-refractivity contribution in [2.24, 2.45) is 0 Å². The van der Waals surface area contributed by atoms with E-state index in [9.17, 15) is 9.90 Å². The van der Waals surface area contributed by atoms with E-state index in [1.807, 2.05) is 24.3 Å². The van der Waals surface area contributed by atoms with Crippen LogP contribution in [0, 0.1) is 0 Å². The van der Waals surface area contributed by atoms with Gasteiger partial charge in [0, 0.05) is 18.7 Å². The highest BCUT2D eigenvalue weighted by molar-refractivity contribution is 5.94. The van der Waals surface area contributed by atoms with Gasteiger partial charge in [-0.05, 0) is 49.0 Å². The number of carbonyl (C=O) groups is 1. The van der Waals surface area contributed by atoms with Gasteiger partial charge in [-0.1, -0.05) is 32.9 Å². The lowest BCUT2D eigenvalue weighted by Gasteiger charge is -2.34. The highest BCUT2D eigenvalue weighted by atomic mass is 16.5. The molecule has 1 aromatic rings. The topological polar surface area (TPSA) is 53.0 Å². The number of rotatable bonds is 3. The fourth-order valence-corrected chi connectivity index (χ4v) is 3.84. The first-order valence-corrected chi connectivity index (χ1v) is 9.69. The summed E-state index contributed by atoms with van der Waals surface area (Å²) in [6.07, 6.45) is 2.36. The normalized spacial score (nSPS) is 25.3. The average Bonchev–Trinajstić information content (AvgIpc) is 3.01. The third-order valence-electron chi connectivity index (χ3n) is 5.36. The number of hydrogen-bond donors (Lipinski definition) is 1. The summed E-state index contributed by atoms with van der Waals surface area (Å²) in [5.74, 6) is -0.0317. The first-order chi connectivity index (χ1) is 12.3. The predicted octanol–water partition coefficient (Wildman–Crippen LogP) is 2.28. The van der Waals surface area contributed by atoms with Gasteiger partial charge in [-0.3, -0.25) is 4.79 Å². The smallest absolute Gasteiger partial charge is 0.254 e. The Morgan fingerprint density at radius 1 is 1.15 bits per heavy atom. The maximum atomic E-state index is 13.0. The van der Waals surface area contributed by atoms with E-state index in [0.29, 0.717) is 31.8 Å². The molecule has 2 saturated heterocycles. The first kappa shape index (κ1) is 19.3. The predicted molar refractivity (Wildman–Crippen MR) is 102 cm³/mol. The maximum Gasteiger partial charge on any atom is 0.254 e. The van der Waals surface area contributed by atoms with Crippen molar-refractivity contribution in [2.45, 2.75) is 44.6 Å². The zero-order valence-electron chi connectivity index (χ0n) is 16.3. The lowest BCUT2D eigenvalue weighted by atomic mass is 9.86. The minimum atomic E-state index is -0.998. The molecule has 2 aliphatic rings. The van der Waals surface area contributed by atoms with Crippen LogP contribution < -0.4 is 0 Å². The molecule has 2 aliphatic heterocycles. The van der Waals surface area contributed by atoms with Gasteiger partial charge in [0.2, 0.25) is 0 Å². The van der Waals surface area contributed by atoms with Gasteiger partial charge in [-0.25, -0.2) is 0 Å². The molecule has 0 spiro atoms. The Morgan fingerprint density at radius 2 is 1.81 bits per heavy atom. The van der Waals surface area contributed by atoms with Gasteiger partial charge in [0.25, 0.3) is 5.91 Å². The zero-order valence-corrected chi connectivity index (χ0v) is 16.3. The van der Waals surface area contributed by atoms with Crippen LogP contribution in [0.2, 0.25) is 0 Å². The van der Waals surface area contributed by atoms with E-state index in [2.05, 4.69) is 25.7 Å². The van der Waals surface area contributed by atoms with Gasteiger partial charge < -0.3 is 19.6 Å². The molecule has 1 amide bonds. The fraction of sp³-hybridized carbons (Fsp3) is 0.667. The van der Waals surface area contributed by atoms with Crippen LogP contribution in [0.15, 0.2) is 24.3 Å². The molecule has 144 valence electrons. The minimum Gasteiger partial charge on any atom is -0.384 e. The highest BCUT2D eigenvalue weighted by Crippen LogP contribution is 2.23. The summed E-state index contributed by atoms with van der Waals surface area (Å²) in [6, 6.07) is 7.85. The number of β-amino-alcohol motifs (C(OH)–C–C–N with tert-alkyl or cyclic N) is 1. The monoisotopic (exact) mass is 360 g/mol. The molecule has 1 atom stereocenters. The largest absolute Gasteiger partial charge is 0.384 e. The standard InChI is InChI=1S/C21H32N2O3/c1-20(2,3)18-8-6-17(7-9-18)19(24)23-12-13-26-16-21(25,15-23)14-22-10-4-5-11-22/h6-9,25H,4-5,10-16H2,1-3H3/t21-/m0/s1. The Balaban J connectivity index is 1.71. The third-order valence-corrected chi connectivity index (χ3v) is 5.36. The molecular formula is C21H32N2O3. The molecule has 3 rings (SSSR count). The van der Waals surface area contributed by atoms with E-state index in [1.165, 1.54) is 18.4 Å². The molecule has 5 heteroatoms. The molecule has 0 radical (unpaired) electrons. The van der Waals surface area contributed by atoms with Gasteiger partial charge in [0.05, 0.1) is 19.8 Å². The number of carbonyl (C=O) groups excluding carboxylic acids is 1. The number of nitrogens with zero attached hydrogens (tertiary/aromatic N) is 2. The van der Waals surface area contributed by atoms with Crippen molar-refractivity contribution < 1.29 is 14.6 Å². The van der Waals surface area contributed by atoms with E-state index in [0.717, 1.165) is 13.1 Å². The van der Waals surface area contributed by atoms with Crippen molar-refractivity contribution >= 4 is 5.91 Å². The van der Waals surface area contributed by atoms with Gasteiger partial charge in [0.15, 0.2) is 0 Å². The number of amides is 1. The summed E-state index contributed by atoms with van der Waals surface area (Å²) in [4.78, 5) is 17.0. The van der Waals surface area contributed by atoms with Crippen molar-refractivity contribution in [2.75, 3.05) is 45.9 Å².